The lowest BCUT2D eigenvalue weighted by molar-refractivity contribution is 1.03. The van der Waals surface area contributed by atoms with E-state index in [-0.39, 0.29) is 0 Å². The van der Waals surface area contributed by atoms with Gasteiger partial charge in [-0.15, -0.1) is 0 Å². The van der Waals surface area contributed by atoms with Gasteiger partial charge in [0, 0.05) is 18.0 Å². The van der Waals surface area contributed by atoms with Gasteiger partial charge in [-0.2, -0.15) is 0 Å². The molecule has 1 aromatic heterocycles. The summed E-state index contributed by atoms with van der Waals surface area (Å²) in [5.41, 5.74) is 9.72. The summed E-state index contributed by atoms with van der Waals surface area (Å²) in [5.74, 6) is 0.965. The third-order valence-corrected chi connectivity index (χ3v) is 5.73. The zero-order chi connectivity index (χ0) is 21.2. The van der Waals surface area contributed by atoms with Crippen molar-refractivity contribution in [1.29, 1.82) is 0 Å². The summed E-state index contributed by atoms with van der Waals surface area (Å²) in [4.78, 5) is 4.63. The molecule has 2 heteroatoms. The molecule has 4 aromatic carbocycles. The molecule has 150 valence electrons. The molecule has 5 rings (SSSR count). The van der Waals surface area contributed by atoms with E-state index in [0.717, 1.165) is 11.4 Å². The Hall–Kier alpha value is -3.91. The van der Waals surface area contributed by atoms with Crippen molar-refractivity contribution in [2.75, 3.05) is 0 Å². The molecule has 0 atom stereocenters. The molecule has 0 spiro atoms. The molecule has 0 amide bonds. The normalized spacial score (nSPS) is 10.9. The minimum Gasteiger partial charge on any atom is -0.299 e. The Morgan fingerprint density at radius 3 is 1.61 bits per heavy atom. The summed E-state index contributed by atoms with van der Waals surface area (Å²) in [5, 5.41) is 0. The maximum atomic E-state index is 4.63. The second-order valence-corrected chi connectivity index (χ2v) is 7.89. The summed E-state index contributed by atoms with van der Waals surface area (Å²) in [6.07, 6.45) is 3.92. The minimum absolute atomic E-state index is 0.965. The first-order valence-electron chi connectivity index (χ1n) is 10.6. The number of hydrogen-bond acceptors (Lipinski definition) is 1. The number of imidazole rings is 1. The maximum absolute atomic E-state index is 4.63. The van der Waals surface area contributed by atoms with Gasteiger partial charge in [-0.05, 0) is 59.4 Å². The van der Waals surface area contributed by atoms with Crippen LogP contribution in [0.15, 0.2) is 109 Å². The molecule has 31 heavy (non-hydrogen) atoms. The molecule has 0 N–H and O–H groups in total. The fourth-order valence-corrected chi connectivity index (χ4v) is 4.27. The summed E-state index contributed by atoms with van der Waals surface area (Å²) in [6, 6.07) is 34.2. The first-order chi connectivity index (χ1) is 15.2. The molecule has 0 saturated carbocycles. The van der Waals surface area contributed by atoms with E-state index in [0.29, 0.717) is 0 Å². The monoisotopic (exact) mass is 400 g/mol. The van der Waals surface area contributed by atoms with Gasteiger partial charge in [0.15, 0.2) is 0 Å². The molecule has 0 bridgehead atoms. The molecule has 0 radical (unpaired) electrons. The van der Waals surface area contributed by atoms with E-state index in [1.54, 1.807) is 0 Å². The van der Waals surface area contributed by atoms with E-state index in [1.807, 2.05) is 18.5 Å². The molecule has 0 saturated heterocycles. The van der Waals surface area contributed by atoms with Crippen LogP contribution in [0.25, 0.3) is 39.3 Å². The van der Waals surface area contributed by atoms with Crippen LogP contribution in [0.5, 0.6) is 0 Å². The highest BCUT2D eigenvalue weighted by Crippen LogP contribution is 2.31. The molecular formula is C29H24N2. The molecule has 1 heterocycles. The summed E-state index contributed by atoms with van der Waals surface area (Å²) in [7, 11) is 0. The minimum atomic E-state index is 0.965. The largest absolute Gasteiger partial charge is 0.299 e. The zero-order valence-corrected chi connectivity index (χ0v) is 17.8. The van der Waals surface area contributed by atoms with Crippen LogP contribution in [-0.4, -0.2) is 9.55 Å². The number of benzene rings is 4. The lowest BCUT2D eigenvalue weighted by Gasteiger charge is -2.16. The predicted molar refractivity (Wildman–Crippen MR) is 129 cm³/mol. The zero-order valence-electron chi connectivity index (χ0n) is 17.8. The van der Waals surface area contributed by atoms with Gasteiger partial charge in [0.1, 0.15) is 5.82 Å². The van der Waals surface area contributed by atoms with Gasteiger partial charge in [0.05, 0.1) is 5.69 Å². The third-order valence-electron chi connectivity index (χ3n) is 5.73. The van der Waals surface area contributed by atoms with E-state index in [1.165, 1.54) is 39.1 Å². The van der Waals surface area contributed by atoms with Gasteiger partial charge in [-0.1, -0.05) is 84.9 Å². The molecule has 5 aromatic rings. The van der Waals surface area contributed by atoms with E-state index in [2.05, 4.69) is 114 Å². The van der Waals surface area contributed by atoms with Gasteiger partial charge in [0.2, 0.25) is 0 Å². The maximum Gasteiger partial charge on any atom is 0.144 e. The predicted octanol–water partition coefficient (Wildman–Crippen LogP) is 7.49. The van der Waals surface area contributed by atoms with Crippen molar-refractivity contribution in [1.82, 2.24) is 9.55 Å². The lowest BCUT2D eigenvalue weighted by atomic mass is 9.96. The van der Waals surface area contributed by atoms with Gasteiger partial charge in [-0.3, -0.25) is 4.57 Å². The third kappa shape index (κ3) is 3.69. The van der Waals surface area contributed by atoms with Gasteiger partial charge in [0.25, 0.3) is 0 Å². The molecule has 0 unspecified atom stereocenters. The van der Waals surface area contributed by atoms with Crippen LogP contribution in [0.3, 0.4) is 0 Å². The van der Waals surface area contributed by atoms with Crippen molar-refractivity contribution in [2.45, 2.75) is 13.8 Å². The van der Waals surface area contributed by atoms with E-state index in [9.17, 15) is 0 Å². The molecule has 0 aliphatic rings. The Bertz CT molecular complexity index is 1290. The number of nitrogens with zero attached hydrogens (tertiary/aromatic N) is 2. The highest BCUT2D eigenvalue weighted by atomic mass is 15.1. The Morgan fingerprint density at radius 2 is 1.03 bits per heavy atom. The molecule has 0 aliphatic carbocycles. The van der Waals surface area contributed by atoms with Gasteiger partial charge >= 0.3 is 0 Å². The number of aromatic nitrogens is 2. The molecule has 2 nitrogen and oxygen atoms in total. The topological polar surface area (TPSA) is 17.8 Å². The van der Waals surface area contributed by atoms with Gasteiger partial charge < -0.3 is 0 Å². The van der Waals surface area contributed by atoms with Crippen LogP contribution in [-0.2, 0) is 0 Å². The lowest BCUT2D eigenvalue weighted by Crippen LogP contribution is -2.02. The Labute approximate surface area is 183 Å². The van der Waals surface area contributed by atoms with Crippen molar-refractivity contribution in [2.24, 2.45) is 0 Å². The van der Waals surface area contributed by atoms with E-state index < -0.39 is 0 Å². The van der Waals surface area contributed by atoms with Crippen LogP contribution < -0.4 is 0 Å². The van der Waals surface area contributed by atoms with Crippen molar-refractivity contribution in [3.8, 4) is 39.3 Å². The van der Waals surface area contributed by atoms with Crippen molar-refractivity contribution >= 4 is 0 Å². The smallest absolute Gasteiger partial charge is 0.144 e. The van der Waals surface area contributed by atoms with E-state index in [4.69, 9.17) is 0 Å². The fourth-order valence-electron chi connectivity index (χ4n) is 4.27. The van der Waals surface area contributed by atoms with Crippen LogP contribution in [0, 0.1) is 13.8 Å². The highest BCUT2D eigenvalue weighted by Gasteiger charge is 2.13. The highest BCUT2D eigenvalue weighted by molar-refractivity contribution is 5.73. The first-order valence-corrected chi connectivity index (χ1v) is 10.6. The number of hydrogen-bond donors (Lipinski definition) is 0. The second-order valence-electron chi connectivity index (χ2n) is 7.89. The second kappa shape index (κ2) is 8.08. The Balaban J connectivity index is 1.52. The summed E-state index contributed by atoms with van der Waals surface area (Å²) in [6.45, 7) is 4.36. The number of aryl methyl sites for hydroxylation is 2. The van der Waals surface area contributed by atoms with Crippen LogP contribution in [0.4, 0.5) is 0 Å². The standard InChI is InChI=1S/C29H24N2/c1-21-19-27(25-15-13-24(14-16-25)23-9-5-3-6-10-23)20-22(2)28(21)31-18-17-30-29(31)26-11-7-4-8-12-26/h3-20H,1-2H3. The quantitative estimate of drug-likeness (QED) is 0.305. The van der Waals surface area contributed by atoms with Gasteiger partial charge in [-0.25, -0.2) is 4.98 Å². The molecule has 0 aliphatic heterocycles. The Morgan fingerprint density at radius 1 is 0.548 bits per heavy atom. The summed E-state index contributed by atoms with van der Waals surface area (Å²) >= 11 is 0. The first kappa shape index (κ1) is 19.1. The summed E-state index contributed by atoms with van der Waals surface area (Å²) < 4.78 is 2.20. The molecule has 0 fully saturated rings. The average Bonchev–Trinajstić information content (AvgIpc) is 3.29. The van der Waals surface area contributed by atoms with Crippen molar-refractivity contribution in [3.05, 3.63) is 121 Å². The van der Waals surface area contributed by atoms with E-state index >= 15 is 0 Å². The van der Waals surface area contributed by atoms with Crippen LogP contribution in [0.2, 0.25) is 0 Å². The van der Waals surface area contributed by atoms with Crippen LogP contribution in [0.1, 0.15) is 11.1 Å². The SMILES string of the molecule is Cc1cc(-c2ccc(-c3ccccc3)cc2)cc(C)c1-n1ccnc1-c1ccccc1. The fraction of sp³-hybridized carbons (Fsp3) is 0.0690. The Kier molecular flexibility index (Phi) is 4.97. The average molecular weight is 401 g/mol. The van der Waals surface area contributed by atoms with Crippen LogP contribution >= 0.6 is 0 Å². The number of rotatable bonds is 4. The molecular weight excluding hydrogens is 376 g/mol. The van der Waals surface area contributed by atoms with Crippen molar-refractivity contribution in [3.63, 3.8) is 0 Å². The van der Waals surface area contributed by atoms with Crippen molar-refractivity contribution < 1.29 is 0 Å².